The van der Waals surface area contributed by atoms with E-state index >= 15 is 0 Å². The van der Waals surface area contributed by atoms with E-state index < -0.39 is 6.61 Å². The fourth-order valence-electron chi connectivity index (χ4n) is 5.87. The monoisotopic (exact) mass is 445 g/mol. The number of aliphatic hydroxyl groups excluding tert-OH is 1. The van der Waals surface area contributed by atoms with Gasteiger partial charge >= 0.3 is 0 Å². The van der Waals surface area contributed by atoms with Crippen LogP contribution in [0.4, 0.5) is 11.8 Å². The standard InChI is InChI=1S/C23H35N5O2S/c29-14-21(30)26-10-12-27(13-11-26)22-19-15-31-16-20(19)24-23(25-22)28-8-6-18(7-9-28)17-4-2-1-3-5-17/h17-18,29H,1-16H2. The number of aliphatic hydroxyl groups is 1. The van der Waals surface area contributed by atoms with Crippen LogP contribution in [0.5, 0.6) is 0 Å². The smallest absolute Gasteiger partial charge is 0.248 e. The molecule has 3 aliphatic heterocycles. The Balaban J connectivity index is 1.28. The molecule has 4 aliphatic rings. The molecule has 0 spiro atoms. The van der Waals surface area contributed by atoms with E-state index in [0.29, 0.717) is 13.1 Å². The largest absolute Gasteiger partial charge is 0.387 e. The SMILES string of the molecule is O=C(CO)N1CCN(c2nc(N3CCC(C4CCCCC4)CC3)nc3c2CSC3)CC1. The molecule has 0 atom stereocenters. The normalized spacial score (nSPS) is 23.3. The van der Waals surface area contributed by atoms with Crippen molar-refractivity contribution in [1.82, 2.24) is 14.9 Å². The number of hydrogen-bond donors (Lipinski definition) is 1. The second-order valence-corrected chi connectivity index (χ2v) is 10.5. The predicted octanol–water partition coefficient (Wildman–Crippen LogP) is 2.66. The van der Waals surface area contributed by atoms with Crippen LogP contribution in [0.15, 0.2) is 0 Å². The number of fused-ring (bicyclic) bond motifs is 1. The van der Waals surface area contributed by atoms with Crippen molar-refractivity contribution in [3.05, 3.63) is 11.3 Å². The van der Waals surface area contributed by atoms with Gasteiger partial charge in [0, 0.05) is 56.3 Å². The highest BCUT2D eigenvalue weighted by Gasteiger charge is 2.31. The molecule has 0 aromatic carbocycles. The van der Waals surface area contributed by atoms with E-state index in [0.717, 1.165) is 61.3 Å². The molecule has 0 unspecified atom stereocenters. The van der Waals surface area contributed by atoms with Crippen LogP contribution in [-0.4, -0.2) is 71.8 Å². The maximum absolute atomic E-state index is 11.8. The molecule has 0 bridgehead atoms. The molecule has 1 N–H and O–H groups in total. The third kappa shape index (κ3) is 4.51. The Bertz CT molecular complexity index is 784. The molecule has 8 heteroatoms. The maximum Gasteiger partial charge on any atom is 0.248 e. The van der Waals surface area contributed by atoms with Crippen molar-refractivity contribution in [2.45, 2.75) is 56.5 Å². The fourth-order valence-corrected chi connectivity index (χ4v) is 6.90. The zero-order chi connectivity index (χ0) is 21.2. The molecule has 1 aliphatic carbocycles. The summed E-state index contributed by atoms with van der Waals surface area (Å²) in [5.41, 5.74) is 2.49. The van der Waals surface area contributed by atoms with Crippen LogP contribution in [0.1, 0.15) is 56.2 Å². The summed E-state index contributed by atoms with van der Waals surface area (Å²) in [5.74, 6) is 5.59. The molecule has 5 rings (SSSR count). The Morgan fingerprint density at radius 3 is 2.29 bits per heavy atom. The molecule has 1 aromatic heterocycles. The Labute approximate surface area is 189 Å². The molecule has 7 nitrogen and oxygen atoms in total. The van der Waals surface area contributed by atoms with Crippen LogP contribution >= 0.6 is 11.8 Å². The summed E-state index contributed by atoms with van der Waals surface area (Å²) in [5, 5.41) is 9.15. The third-order valence-electron chi connectivity index (χ3n) is 7.75. The number of carbonyl (C=O) groups is 1. The number of thioether (sulfide) groups is 1. The highest BCUT2D eigenvalue weighted by atomic mass is 32.2. The Morgan fingerprint density at radius 2 is 1.58 bits per heavy atom. The van der Waals surface area contributed by atoms with Crippen molar-refractivity contribution < 1.29 is 9.90 Å². The first kappa shape index (κ1) is 21.3. The molecule has 0 radical (unpaired) electrons. The number of amides is 1. The lowest BCUT2D eigenvalue weighted by Crippen LogP contribution is -2.50. The third-order valence-corrected chi connectivity index (χ3v) is 8.72. The van der Waals surface area contributed by atoms with Gasteiger partial charge in [-0.2, -0.15) is 16.7 Å². The minimum Gasteiger partial charge on any atom is -0.387 e. The highest BCUT2D eigenvalue weighted by Crippen LogP contribution is 2.39. The lowest BCUT2D eigenvalue weighted by atomic mass is 9.76. The Morgan fingerprint density at radius 1 is 0.871 bits per heavy atom. The number of anilines is 2. The van der Waals surface area contributed by atoms with Crippen molar-refractivity contribution in [1.29, 1.82) is 0 Å². The summed E-state index contributed by atoms with van der Waals surface area (Å²) in [7, 11) is 0. The molecule has 1 aromatic rings. The van der Waals surface area contributed by atoms with Crippen LogP contribution in [0.25, 0.3) is 0 Å². The van der Waals surface area contributed by atoms with Gasteiger partial charge in [-0.05, 0) is 24.7 Å². The number of piperazine rings is 1. The zero-order valence-electron chi connectivity index (χ0n) is 18.5. The first-order chi connectivity index (χ1) is 15.2. The Hall–Kier alpha value is -1.54. The van der Waals surface area contributed by atoms with Gasteiger partial charge in [-0.3, -0.25) is 4.79 Å². The van der Waals surface area contributed by atoms with E-state index in [-0.39, 0.29) is 5.91 Å². The van der Waals surface area contributed by atoms with E-state index in [4.69, 9.17) is 15.1 Å². The summed E-state index contributed by atoms with van der Waals surface area (Å²) < 4.78 is 0. The van der Waals surface area contributed by atoms with Gasteiger partial charge in [-0.1, -0.05) is 32.1 Å². The van der Waals surface area contributed by atoms with Crippen molar-refractivity contribution in [3.8, 4) is 0 Å². The van der Waals surface area contributed by atoms with Gasteiger partial charge in [0.2, 0.25) is 11.9 Å². The Kier molecular flexibility index (Phi) is 6.55. The summed E-state index contributed by atoms with van der Waals surface area (Å²) in [6.45, 7) is 4.57. The second kappa shape index (κ2) is 9.53. The van der Waals surface area contributed by atoms with Crippen molar-refractivity contribution in [3.63, 3.8) is 0 Å². The number of hydrogen-bond acceptors (Lipinski definition) is 7. The first-order valence-corrected chi connectivity index (χ1v) is 13.2. The molecular weight excluding hydrogens is 410 g/mol. The van der Waals surface area contributed by atoms with Crippen molar-refractivity contribution >= 4 is 29.4 Å². The summed E-state index contributed by atoms with van der Waals surface area (Å²) >= 11 is 1.92. The van der Waals surface area contributed by atoms with Gasteiger partial charge in [0.15, 0.2) is 0 Å². The lowest BCUT2D eigenvalue weighted by molar-refractivity contribution is -0.134. The van der Waals surface area contributed by atoms with Gasteiger partial charge in [-0.15, -0.1) is 0 Å². The van der Waals surface area contributed by atoms with Crippen LogP contribution in [0, 0.1) is 11.8 Å². The zero-order valence-corrected chi connectivity index (χ0v) is 19.3. The molecule has 170 valence electrons. The van der Waals surface area contributed by atoms with Gasteiger partial charge in [0.1, 0.15) is 12.4 Å². The fraction of sp³-hybridized carbons (Fsp3) is 0.783. The molecule has 2 saturated heterocycles. The molecule has 3 fully saturated rings. The average molecular weight is 446 g/mol. The molecule has 1 amide bonds. The summed E-state index contributed by atoms with van der Waals surface area (Å²) in [4.78, 5) is 28.4. The number of piperidine rings is 1. The van der Waals surface area contributed by atoms with Crippen LogP contribution in [0.3, 0.4) is 0 Å². The van der Waals surface area contributed by atoms with Crippen LogP contribution in [-0.2, 0) is 16.3 Å². The average Bonchev–Trinajstić information content (AvgIpc) is 3.32. The number of carbonyl (C=O) groups excluding carboxylic acids is 1. The van der Waals surface area contributed by atoms with Gasteiger partial charge in [-0.25, -0.2) is 4.98 Å². The van der Waals surface area contributed by atoms with Gasteiger partial charge < -0.3 is 19.8 Å². The number of nitrogens with zero attached hydrogens (tertiary/aromatic N) is 5. The lowest BCUT2D eigenvalue weighted by Gasteiger charge is -2.39. The van der Waals surface area contributed by atoms with Crippen LogP contribution in [0.2, 0.25) is 0 Å². The van der Waals surface area contributed by atoms with Crippen molar-refractivity contribution in [2.24, 2.45) is 11.8 Å². The van der Waals surface area contributed by atoms with E-state index in [2.05, 4.69) is 9.80 Å². The van der Waals surface area contributed by atoms with E-state index in [1.165, 1.54) is 56.2 Å². The van der Waals surface area contributed by atoms with E-state index in [9.17, 15) is 4.79 Å². The molecule has 4 heterocycles. The number of rotatable bonds is 4. The minimum atomic E-state index is -0.402. The van der Waals surface area contributed by atoms with Crippen LogP contribution < -0.4 is 9.80 Å². The van der Waals surface area contributed by atoms with Gasteiger partial charge in [0.25, 0.3) is 0 Å². The molecule has 1 saturated carbocycles. The highest BCUT2D eigenvalue weighted by molar-refractivity contribution is 7.98. The molecule has 31 heavy (non-hydrogen) atoms. The maximum atomic E-state index is 11.8. The summed E-state index contributed by atoms with van der Waals surface area (Å²) in [6, 6.07) is 0. The first-order valence-electron chi connectivity index (χ1n) is 12.1. The van der Waals surface area contributed by atoms with E-state index in [1.807, 2.05) is 11.8 Å². The second-order valence-electron chi connectivity index (χ2n) is 9.51. The topological polar surface area (TPSA) is 72.8 Å². The van der Waals surface area contributed by atoms with Gasteiger partial charge in [0.05, 0.1) is 5.69 Å². The quantitative estimate of drug-likeness (QED) is 0.764. The minimum absolute atomic E-state index is 0.176. The van der Waals surface area contributed by atoms with Crippen molar-refractivity contribution in [2.75, 3.05) is 55.7 Å². The van der Waals surface area contributed by atoms with E-state index in [1.54, 1.807) is 4.90 Å². The molecular formula is C23H35N5O2S. The predicted molar refractivity (Wildman–Crippen MR) is 124 cm³/mol. The summed E-state index contributed by atoms with van der Waals surface area (Å²) in [6.07, 6.45) is 9.71. The number of aromatic nitrogens is 2.